The first-order chi connectivity index (χ1) is 14.5. The van der Waals surface area contributed by atoms with Crippen molar-refractivity contribution >= 4 is 7.82 Å². The lowest BCUT2D eigenvalue weighted by molar-refractivity contribution is -0.286. The first-order valence-corrected chi connectivity index (χ1v) is 11.8. The van der Waals surface area contributed by atoms with Crippen LogP contribution in [0.2, 0.25) is 0 Å². The fourth-order valence-corrected chi connectivity index (χ4v) is 5.09. The van der Waals surface area contributed by atoms with Crippen molar-refractivity contribution in [2.75, 3.05) is 20.3 Å². The minimum absolute atomic E-state index is 0.0638. The molecule has 7 heteroatoms. The van der Waals surface area contributed by atoms with Gasteiger partial charge in [-0.15, -0.1) is 4.67 Å². The van der Waals surface area contributed by atoms with E-state index >= 15 is 0 Å². The zero-order chi connectivity index (χ0) is 21.6. The molecule has 30 heavy (non-hydrogen) atoms. The van der Waals surface area contributed by atoms with Crippen LogP contribution >= 0.6 is 7.82 Å². The number of methoxy groups -OCH3 is 1. The SMILES string of the molecule is CCOP(=O)(OCC)OOC(C(C)OC)C1CC1(c1ccccc1)c1ccccc1. The van der Waals surface area contributed by atoms with Crippen LogP contribution in [0.25, 0.3) is 0 Å². The third-order valence-electron chi connectivity index (χ3n) is 5.64. The highest BCUT2D eigenvalue weighted by molar-refractivity contribution is 7.48. The van der Waals surface area contributed by atoms with Crippen LogP contribution in [0.5, 0.6) is 0 Å². The maximum atomic E-state index is 12.7. The van der Waals surface area contributed by atoms with E-state index in [1.54, 1.807) is 21.0 Å². The summed E-state index contributed by atoms with van der Waals surface area (Å²) in [6.45, 7) is 5.74. The van der Waals surface area contributed by atoms with Gasteiger partial charge in [0.1, 0.15) is 6.10 Å². The molecule has 1 saturated carbocycles. The molecule has 3 atom stereocenters. The Balaban J connectivity index is 1.90. The summed E-state index contributed by atoms with van der Waals surface area (Å²) in [6, 6.07) is 20.7. The second kappa shape index (κ2) is 10.2. The molecule has 0 N–H and O–H groups in total. The Kier molecular flexibility index (Phi) is 7.86. The minimum Gasteiger partial charge on any atom is -0.379 e. The van der Waals surface area contributed by atoms with E-state index in [0.29, 0.717) is 0 Å². The van der Waals surface area contributed by atoms with Gasteiger partial charge in [0.05, 0.1) is 19.3 Å². The standard InChI is InChI=1S/C23H31O6P/c1-5-26-30(24,27-6-2)29-28-22(18(3)25-4)21-17-23(21,19-13-9-7-10-14-19)20-15-11-8-12-16-20/h7-16,18,21-22H,5-6,17H2,1-4H3. The second-order valence-corrected chi connectivity index (χ2v) is 8.93. The highest BCUT2D eigenvalue weighted by Gasteiger charge is 2.61. The molecule has 0 spiro atoms. The molecular weight excluding hydrogens is 403 g/mol. The van der Waals surface area contributed by atoms with Crippen molar-refractivity contribution in [2.45, 2.75) is 44.8 Å². The highest BCUT2D eigenvalue weighted by Crippen LogP contribution is 2.62. The van der Waals surface area contributed by atoms with Crippen molar-refractivity contribution in [3.8, 4) is 0 Å². The fourth-order valence-electron chi connectivity index (χ4n) is 4.09. The molecule has 3 rings (SSSR count). The van der Waals surface area contributed by atoms with E-state index in [1.165, 1.54) is 11.1 Å². The average Bonchev–Trinajstić information content (AvgIpc) is 3.52. The molecule has 2 aromatic carbocycles. The molecular formula is C23H31O6P. The number of phosphoric acid groups is 1. The van der Waals surface area contributed by atoms with Crippen LogP contribution in [0.15, 0.2) is 60.7 Å². The van der Waals surface area contributed by atoms with Crippen LogP contribution in [-0.2, 0) is 33.3 Å². The van der Waals surface area contributed by atoms with Crippen molar-refractivity contribution in [1.82, 2.24) is 0 Å². The molecule has 0 aromatic heterocycles. The van der Waals surface area contributed by atoms with Gasteiger partial charge in [0.15, 0.2) is 0 Å². The molecule has 0 heterocycles. The van der Waals surface area contributed by atoms with E-state index in [1.807, 2.05) is 43.3 Å². The molecule has 164 valence electrons. The smallest absolute Gasteiger partial charge is 0.379 e. The van der Waals surface area contributed by atoms with E-state index in [0.717, 1.165) is 6.42 Å². The summed E-state index contributed by atoms with van der Waals surface area (Å²) < 4.78 is 34.0. The van der Waals surface area contributed by atoms with E-state index in [2.05, 4.69) is 24.3 Å². The van der Waals surface area contributed by atoms with Gasteiger partial charge in [-0.3, -0.25) is 9.05 Å². The van der Waals surface area contributed by atoms with Crippen LogP contribution < -0.4 is 0 Å². The summed E-state index contributed by atoms with van der Waals surface area (Å²) in [4.78, 5) is 5.75. The van der Waals surface area contributed by atoms with Crippen LogP contribution in [0.4, 0.5) is 0 Å². The number of rotatable bonds is 12. The summed E-state index contributed by atoms with van der Waals surface area (Å²) in [5.41, 5.74) is 2.18. The van der Waals surface area contributed by atoms with E-state index in [-0.39, 0.29) is 30.7 Å². The van der Waals surface area contributed by atoms with Crippen molar-refractivity contribution in [3.05, 3.63) is 71.8 Å². The fraction of sp³-hybridized carbons (Fsp3) is 0.478. The lowest BCUT2D eigenvalue weighted by atomic mass is 9.84. The van der Waals surface area contributed by atoms with E-state index in [4.69, 9.17) is 23.3 Å². The summed E-state index contributed by atoms with van der Waals surface area (Å²) in [7, 11) is -2.17. The molecule has 3 unspecified atom stereocenters. The number of hydrogen-bond donors (Lipinski definition) is 0. The Hall–Kier alpha value is -1.53. The first-order valence-electron chi connectivity index (χ1n) is 10.4. The topological polar surface area (TPSA) is 63.2 Å². The summed E-state index contributed by atoms with van der Waals surface area (Å²) in [5.74, 6) is 0.0638. The molecule has 0 amide bonds. The molecule has 0 saturated heterocycles. The maximum Gasteiger partial charge on any atom is 0.502 e. The van der Waals surface area contributed by atoms with Gasteiger partial charge >= 0.3 is 7.82 Å². The largest absolute Gasteiger partial charge is 0.502 e. The van der Waals surface area contributed by atoms with Gasteiger partial charge < -0.3 is 4.74 Å². The van der Waals surface area contributed by atoms with Crippen LogP contribution in [0.1, 0.15) is 38.3 Å². The Bertz CT molecular complexity index is 779. The molecule has 0 aliphatic heterocycles. The zero-order valence-electron chi connectivity index (χ0n) is 18.0. The summed E-state index contributed by atoms with van der Waals surface area (Å²) in [5, 5.41) is 0. The number of ether oxygens (including phenoxy) is 1. The third kappa shape index (κ3) is 4.86. The van der Waals surface area contributed by atoms with E-state index in [9.17, 15) is 4.57 Å². The number of benzene rings is 2. The monoisotopic (exact) mass is 434 g/mol. The van der Waals surface area contributed by atoms with Gasteiger partial charge in [-0.25, -0.2) is 9.45 Å². The molecule has 6 nitrogen and oxygen atoms in total. The first kappa shape index (κ1) is 23.1. The normalized spacial score (nSPS) is 19.9. The van der Waals surface area contributed by atoms with Crippen molar-refractivity contribution in [2.24, 2.45) is 5.92 Å². The van der Waals surface area contributed by atoms with Gasteiger partial charge in [-0.2, -0.15) is 0 Å². The molecule has 1 aliphatic rings. The average molecular weight is 434 g/mol. The highest BCUT2D eigenvalue weighted by atomic mass is 31.2. The van der Waals surface area contributed by atoms with E-state index < -0.39 is 13.9 Å². The molecule has 0 radical (unpaired) electrons. The predicted molar refractivity (Wildman–Crippen MR) is 115 cm³/mol. The Morgan fingerprint density at radius 1 is 0.967 bits per heavy atom. The number of phosphoric ester groups is 1. The quantitative estimate of drug-likeness (QED) is 0.249. The Morgan fingerprint density at radius 3 is 1.90 bits per heavy atom. The molecule has 1 aliphatic carbocycles. The third-order valence-corrected chi connectivity index (χ3v) is 7.06. The van der Waals surface area contributed by atoms with Crippen molar-refractivity contribution in [3.63, 3.8) is 0 Å². The molecule has 0 bridgehead atoms. The molecule has 1 fully saturated rings. The maximum absolute atomic E-state index is 12.7. The zero-order valence-corrected chi connectivity index (χ0v) is 18.9. The summed E-state index contributed by atoms with van der Waals surface area (Å²) in [6.07, 6.45) is 0.0988. The van der Waals surface area contributed by atoms with Gasteiger partial charge in [0.2, 0.25) is 0 Å². The Labute approximate surface area is 179 Å². The van der Waals surface area contributed by atoms with Crippen LogP contribution in [0, 0.1) is 5.92 Å². The number of hydrogen-bond acceptors (Lipinski definition) is 6. The summed E-state index contributed by atoms with van der Waals surface area (Å²) >= 11 is 0. The predicted octanol–water partition coefficient (Wildman–Crippen LogP) is 5.53. The van der Waals surface area contributed by atoms with Crippen LogP contribution in [0.3, 0.4) is 0 Å². The van der Waals surface area contributed by atoms with Gasteiger partial charge in [0.25, 0.3) is 0 Å². The lowest BCUT2D eigenvalue weighted by Gasteiger charge is -2.27. The van der Waals surface area contributed by atoms with Crippen molar-refractivity contribution in [1.29, 1.82) is 0 Å². The second-order valence-electron chi connectivity index (χ2n) is 7.37. The molecule has 2 aromatic rings. The van der Waals surface area contributed by atoms with Crippen LogP contribution in [-0.4, -0.2) is 32.5 Å². The minimum atomic E-state index is -3.80. The van der Waals surface area contributed by atoms with Gasteiger partial charge in [-0.05, 0) is 38.3 Å². The van der Waals surface area contributed by atoms with Gasteiger partial charge in [-0.1, -0.05) is 60.7 Å². The lowest BCUT2D eigenvalue weighted by Crippen LogP contribution is -2.33. The Morgan fingerprint density at radius 2 is 1.47 bits per heavy atom. The van der Waals surface area contributed by atoms with Gasteiger partial charge in [0, 0.05) is 18.4 Å². The van der Waals surface area contributed by atoms with Crippen molar-refractivity contribution < 1.29 is 27.9 Å².